The highest BCUT2D eigenvalue weighted by Crippen LogP contribution is 2.30. The van der Waals surface area contributed by atoms with E-state index in [0.29, 0.717) is 23.9 Å². The quantitative estimate of drug-likeness (QED) is 0.827. The molecule has 1 N–H and O–H groups in total. The lowest BCUT2D eigenvalue weighted by Gasteiger charge is -2.32. The molecule has 0 spiro atoms. The number of carbonyl (C=O) groups excluding carboxylic acids is 1. The number of hydrogen-bond donors (Lipinski definition) is 1. The van der Waals surface area contributed by atoms with Gasteiger partial charge in [0.25, 0.3) is 5.91 Å². The first-order valence-electron chi connectivity index (χ1n) is 10.1. The second kappa shape index (κ2) is 9.42. The molecule has 0 unspecified atom stereocenters. The molecular formula is C21H33N3O3. The summed E-state index contributed by atoms with van der Waals surface area (Å²) in [5, 5.41) is 3.07. The molecule has 0 saturated carbocycles. The van der Waals surface area contributed by atoms with Crippen LogP contribution < -0.4 is 14.8 Å². The van der Waals surface area contributed by atoms with E-state index in [1.807, 2.05) is 12.1 Å². The van der Waals surface area contributed by atoms with Gasteiger partial charge in [0.05, 0.1) is 7.11 Å². The predicted octanol–water partition coefficient (Wildman–Crippen LogP) is 2.38. The van der Waals surface area contributed by atoms with Crippen LogP contribution in [0, 0.1) is 0 Å². The first kappa shape index (κ1) is 20.0. The largest absolute Gasteiger partial charge is 0.493 e. The minimum Gasteiger partial charge on any atom is -0.493 e. The standard InChI is InChI=1S/C21H33N3O3/c1-23-12-9-18(10-13-23)27-19-8-7-16(14-20(19)26-3)21(25)22-15-17-6-4-5-11-24(17)2/h7-8,14,17-18H,4-6,9-13,15H2,1-3H3,(H,22,25)/t17-/m1/s1. The number of likely N-dealkylation sites (tertiary alicyclic amines) is 2. The summed E-state index contributed by atoms with van der Waals surface area (Å²) >= 11 is 0. The normalized spacial score (nSPS) is 22.4. The number of ether oxygens (including phenoxy) is 2. The molecule has 2 aliphatic heterocycles. The van der Waals surface area contributed by atoms with Gasteiger partial charge in [-0.25, -0.2) is 0 Å². The maximum absolute atomic E-state index is 12.6. The topological polar surface area (TPSA) is 54.0 Å². The van der Waals surface area contributed by atoms with Crippen molar-refractivity contribution in [3.05, 3.63) is 23.8 Å². The Labute approximate surface area is 162 Å². The van der Waals surface area contributed by atoms with E-state index in [9.17, 15) is 4.79 Å². The number of methoxy groups -OCH3 is 1. The van der Waals surface area contributed by atoms with Crippen molar-refractivity contribution in [1.82, 2.24) is 15.1 Å². The number of nitrogens with one attached hydrogen (secondary N) is 1. The number of piperidine rings is 2. The van der Waals surface area contributed by atoms with E-state index >= 15 is 0 Å². The molecule has 0 aromatic heterocycles. The average Bonchev–Trinajstić information content (AvgIpc) is 2.69. The van der Waals surface area contributed by atoms with E-state index in [-0.39, 0.29) is 12.0 Å². The van der Waals surface area contributed by atoms with Crippen molar-refractivity contribution in [1.29, 1.82) is 0 Å². The smallest absolute Gasteiger partial charge is 0.251 e. The SMILES string of the molecule is COc1cc(C(=O)NC[C@H]2CCCCN2C)ccc1OC1CCN(C)CC1. The Balaban J connectivity index is 1.58. The van der Waals surface area contributed by atoms with Crippen LogP contribution in [0.2, 0.25) is 0 Å². The van der Waals surface area contributed by atoms with Crippen molar-refractivity contribution in [3.63, 3.8) is 0 Å². The van der Waals surface area contributed by atoms with Gasteiger partial charge >= 0.3 is 0 Å². The molecule has 2 heterocycles. The van der Waals surface area contributed by atoms with Gasteiger partial charge in [-0.15, -0.1) is 0 Å². The van der Waals surface area contributed by atoms with Crippen LogP contribution in [0.25, 0.3) is 0 Å². The van der Waals surface area contributed by atoms with Crippen LogP contribution in [0.4, 0.5) is 0 Å². The van der Waals surface area contributed by atoms with Gasteiger partial charge in [0.2, 0.25) is 0 Å². The zero-order valence-corrected chi connectivity index (χ0v) is 16.9. The molecule has 1 aromatic rings. The van der Waals surface area contributed by atoms with Crippen molar-refractivity contribution < 1.29 is 14.3 Å². The van der Waals surface area contributed by atoms with E-state index in [2.05, 4.69) is 29.2 Å². The van der Waals surface area contributed by atoms with Crippen LogP contribution in [0.5, 0.6) is 11.5 Å². The number of hydrogen-bond acceptors (Lipinski definition) is 5. The summed E-state index contributed by atoms with van der Waals surface area (Å²) in [4.78, 5) is 17.2. The maximum Gasteiger partial charge on any atom is 0.251 e. The number of carbonyl (C=O) groups is 1. The summed E-state index contributed by atoms with van der Waals surface area (Å²) < 4.78 is 11.6. The van der Waals surface area contributed by atoms with Gasteiger partial charge in [0.1, 0.15) is 6.10 Å². The second-order valence-electron chi connectivity index (χ2n) is 7.83. The number of benzene rings is 1. The van der Waals surface area contributed by atoms with Gasteiger partial charge in [-0.2, -0.15) is 0 Å². The summed E-state index contributed by atoms with van der Waals surface area (Å²) in [6.45, 7) is 3.88. The van der Waals surface area contributed by atoms with Gasteiger partial charge < -0.3 is 24.6 Å². The van der Waals surface area contributed by atoms with Gasteiger partial charge in [0, 0.05) is 31.2 Å². The zero-order valence-electron chi connectivity index (χ0n) is 16.9. The Bertz CT molecular complexity index is 629. The van der Waals surface area contributed by atoms with Gasteiger partial charge in [-0.05, 0) is 64.5 Å². The minimum absolute atomic E-state index is 0.0573. The monoisotopic (exact) mass is 375 g/mol. The minimum atomic E-state index is -0.0573. The van der Waals surface area contributed by atoms with Gasteiger partial charge in [-0.1, -0.05) is 6.42 Å². The molecule has 2 fully saturated rings. The molecule has 150 valence electrons. The average molecular weight is 376 g/mol. The first-order chi connectivity index (χ1) is 13.1. The third kappa shape index (κ3) is 5.36. The summed E-state index contributed by atoms with van der Waals surface area (Å²) in [6.07, 6.45) is 5.85. The van der Waals surface area contributed by atoms with Crippen molar-refractivity contribution >= 4 is 5.91 Å². The Morgan fingerprint density at radius 1 is 1.11 bits per heavy atom. The van der Waals surface area contributed by atoms with Crippen molar-refractivity contribution in [3.8, 4) is 11.5 Å². The molecule has 2 saturated heterocycles. The Hall–Kier alpha value is -1.79. The van der Waals surface area contributed by atoms with E-state index in [4.69, 9.17) is 9.47 Å². The molecule has 1 aromatic carbocycles. The summed E-state index contributed by atoms with van der Waals surface area (Å²) in [6, 6.07) is 5.90. The van der Waals surface area contributed by atoms with Gasteiger partial charge in [0.15, 0.2) is 11.5 Å². The number of likely N-dealkylation sites (N-methyl/N-ethyl adjacent to an activating group) is 1. The molecule has 27 heavy (non-hydrogen) atoms. The van der Waals surface area contributed by atoms with Crippen LogP contribution in [-0.2, 0) is 0 Å². The van der Waals surface area contributed by atoms with Crippen LogP contribution in [0.15, 0.2) is 18.2 Å². The molecule has 0 aliphatic carbocycles. The first-order valence-corrected chi connectivity index (χ1v) is 10.1. The maximum atomic E-state index is 12.6. The van der Waals surface area contributed by atoms with E-state index in [1.165, 1.54) is 12.8 Å². The summed E-state index contributed by atoms with van der Waals surface area (Å²) in [5.41, 5.74) is 0.612. The number of rotatable bonds is 6. The second-order valence-corrected chi connectivity index (χ2v) is 7.83. The number of nitrogens with zero attached hydrogens (tertiary/aromatic N) is 2. The van der Waals surface area contributed by atoms with E-state index in [0.717, 1.165) is 44.6 Å². The fraction of sp³-hybridized carbons (Fsp3) is 0.667. The van der Waals surface area contributed by atoms with Crippen LogP contribution >= 0.6 is 0 Å². The summed E-state index contributed by atoms with van der Waals surface area (Å²) in [5.74, 6) is 1.28. The molecule has 2 aliphatic rings. The van der Waals surface area contributed by atoms with Crippen LogP contribution in [0.1, 0.15) is 42.5 Å². The highest BCUT2D eigenvalue weighted by Gasteiger charge is 2.22. The van der Waals surface area contributed by atoms with Gasteiger partial charge in [-0.3, -0.25) is 4.79 Å². The Kier molecular flexibility index (Phi) is 6.96. The number of amides is 1. The van der Waals surface area contributed by atoms with Crippen molar-refractivity contribution in [2.24, 2.45) is 0 Å². The Morgan fingerprint density at radius 3 is 2.59 bits per heavy atom. The van der Waals surface area contributed by atoms with Crippen molar-refractivity contribution in [2.75, 3.05) is 47.4 Å². The molecule has 3 rings (SSSR count). The van der Waals surface area contributed by atoms with Crippen LogP contribution in [-0.4, -0.2) is 75.2 Å². The van der Waals surface area contributed by atoms with E-state index in [1.54, 1.807) is 13.2 Å². The molecule has 6 heteroatoms. The lowest BCUT2D eigenvalue weighted by Crippen LogP contribution is -2.44. The molecule has 1 amide bonds. The fourth-order valence-corrected chi connectivity index (χ4v) is 3.90. The predicted molar refractivity (Wildman–Crippen MR) is 107 cm³/mol. The highest BCUT2D eigenvalue weighted by atomic mass is 16.5. The Morgan fingerprint density at radius 2 is 1.89 bits per heavy atom. The highest BCUT2D eigenvalue weighted by molar-refractivity contribution is 5.94. The summed E-state index contributed by atoms with van der Waals surface area (Å²) in [7, 11) is 5.89. The van der Waals surface area contributed by atoms with Crippen molar-refractivity contribution in [2.45, 2.75) is 44.2 Å². The zero-order chi connectivity index (χ0) is 19.2. The lowest BCUT2D eigenvalue weighted by atomic mass is 10.0. The third-order valence-electron chi connectivity index (χ3n) is 5.80. The lowest BCUT2D eigenvalue weighted by molar-refractivity contribution is 0.0927. The molecular weight excluding hydrogens is 342 g/mol. The molecule has 0 radical (unpaired) electrons. The fourth-order valence-electron chi connectivity index (χ4n) is 3.90. The third-order valence-corrected chi connectivity index (χ3v) is 5.80. The molecule has 6 nitrogen and oxygen atoms in total. The molecule has 0 bridgehead atoms. The van der Waals surface area contributed by atoms with Crippen LogP contribution in [0.3, 0.4) is 0 Å². The molecule has 1 atom stereocenters. The van der Waals surface area contributed by atoms with E-state index < -0.39 is 0 Å².